The van der Waals surface area contributed by atoms with E-state index in [1.807, 2.05) is 60.7 Å². The Morgan fingerprint density at radius 2 is 0.971 bits per heavy atom. The number of carbonyl (C=O) groups is 2. The van der Waals surface area contributed by atoms with E-state index in [2.05, 4.69) is 0 Å². The van der Waals surface area contributed by atoms with Gasteiger partial charge in [-0.05, 0) is 11.1 Å². The Kier molecular flexibility index (Phi) is 6.43. The van der Waals surface area contributed by atoms with Gasteiger partial charge in [-0.3, -0.25) is 0 Å². The minimum atomic E-state index is -0.270. The van der Waals surface area contributed by atoms with E-state index in [0.29, 0.717) is 63.1 Å². The molecule has 2 amide bonds. The molecule has 0 spiro atoms. The summed E-state index contributed by atoms with van der Waals surface area (Å²) >= 11 is 0. The van der Waals surface area contributed by atoms with Crippen molar-refractivity contribution in [2.24, 2.45) is 23.7 Å². The zero-order chi connectivity index (χ0) is 23.7. The number of rotatable bonds is 4. The molecule has 2 aromatic rings. The summed E-state index contributed by atoms with van der Waals surface area (Å²) in [7, 11) is 0. The van der Waals surface area contributed by atoms with Gasteiger partial charge >= 0.3 is 12.2 Å². The summed E-state index contributed by atoms with van der Waals surface area (Å²) in [6, 6.07) is 19.3. The van der Waals surface area contributed by atoms with Gasteiger partial charge in [0.2, 0.25) is 0 Å². The van der Waals surface area contributed by atoms with E-state index in [1.165, 1.54) is 0 Å². The average molecular weight is 467 g/mol. The lowest BCUT2D eigenvalue weighted by Crippen LogP contribution is -2.32. The summed E-state index contributed by atoms with van der Waals surface area (Å²) in [5.74, 6) is 1.16. The van der Waals surface area contributed by atoms with E-state index in [-0.39, 0.29) is 24.4 Å². The largest absolute Gasteiger partial charge is 0.445 e. The predicted molar refractivity (Wildman–Crippen MR) is 122 cm³/mol. The highest BCUT2D eigenvalue weighted by atomic mass is 16.6. The topological polar surface area (TPSA) is 99.5 Å². The van der Waals surface area contributed by atoms with E-state index in [0.717, 1.165) is 11.1 Å². The Morgan fingerprint density at radius 1 is 0.647 bits per heavy atom. The molecule has 180 valence electrons. The van der Waals surface area contributed by atoms with Crippen LogP contribution in [0.1, 0.15) is 11.1 Å². The Morgan fingerprint density at radius 3 is 1.29 bits per heavy atom. The molecule has 4 aliphatic rings. The summed E-state index contributed by atoms with van der Waals surface area (Å²) in [5, 5.41) is 18.7. The Balaban J connectivity index is 0.000000142. The second kappa shape index (κ2) is 9.64. The van der Waals surface area contributed by atoms with Crippen LogP contribution >= 0.6 is 0 Å². The molecule has 2 aromatic carbocycles. The molecule has 2 heterocycles. The maximum atomic E-state index is 11.7. The number of aliphatic hydroxyl groups is 2. The lowest BCUT2D eigenvalue weighted by atomic mass is 10.2. The van der Waals surface area contributed by atoms with Crippen molar-refractivity contribution in [3.05, 3.63) is 71.8 Å². The van der Waals surface area contributed by atoms with E-state index < -0.39 is 0 Å². The minimum Gasteiger partial charge on any atom is -0.445 e. The zero-order valence-electron chi connectivity index (χ0n) is 18.9. The first-order valence-corrected chi connectivity index (χ1v) is 11.8. The minimum absolute atomic E-state index is 0.187. The molecule has 8 heteroatoms. The molecule has 4 fully saturated rings. The number of fused-ring (bicyclic) bond motifs is 2. The molecular formula is C26H30N2O6. The fourth-order valence-corrected chi connectivity index (χ4v) is 4.91. The van der Waals surface area contributed by atoms with Gasteiger partial charge in [0.05, 0.1) is 12.2 Å². The lowest BCUT2D eigenvalue weighted by molar-refractivity contribution is 0.0924. The van der Waals surface area contributed by atoms with Gasteiger partial charge in [-0.15, -0.1) is 0 Å². The quantitative estimate of drug-likeness (QED) is 0.718. The molecule has 2 saturated heterocycles. The fraction of sp³-hybridized carbons (Fsp3) is 0.462. The van der Waals surface area contributed by atoms with Crippen LogP contribution in [0.25, 0.3) is 0 Å². The highest BCUT2D eigenvalue weighted by Crippen LogP contribution is 2.46. The van der Waals surface area contributed by atoms with E-state index in [9.17, 15) is 19.8 Å². The molecule has 2 N–H and O–H groups in total. The predicted octanol–water partition coefficient (Wildman–Crippen LogP) is 2.49. The highest BCUT2D eigenvalue weighted by molar-refractivity contribution is 5.69. The fourth-order valence-electron chi connectivity index (χ4n) is 4.91. The van der Waals surface area contributed by atoms with Crippen molar-refractivity contribution in [3.63, 3.8) is 0 Å². The molecule has 2 unspecified atom stereocenters. The molecular weight excluding hydrogens is 436 g/mol. The van der Waals surface area contributed by atoms with E-state index in [1.54, 1.807) is 9.80 Å². The van der Waals surface area contributed by atoms with Crippen LogP contribution in [-0.4, -0.2) is 70.6 Å². The van der Waals surface area contributed by atoms with Crippen LogP contribution in [0, 0.1) is 23.7 Å². The third-order valence-electron chi connectivity index (χ3n) is 7.22. The van der Waals surface area contributed by atoms with Crippen molar-refractivity contribution in [3.8, 4) is 0 Å². The van der Waals surface area contributed by atoms with Crippen molar-refractivity contribution in [2.45, 2.75) is 25.4 Å². The van der Waals surface area contributed by atoms with Gasteiger partial charge in [0.25, 0.3) is 0 Å². The summed E-state index contributed by atoms with van der Waals surface area (Å²) in [6.07, 6.45) is -0.914. The van der Waals surface area contributed by atoms with Gasteiger partial charge in [-0.2, -0.15) is 0 Å². The molecule has 8 nitrogen and oxygen atoms in total. The Hall–Kier alpha value is -3.10. The SMILES string of the molecule is O=C(OCc1ccccc1)N1C[C@@H]2C(O)[C@@H]2C1.O=C(OCc1ccccc1)N1C[C@@H]2C(O)[C@@H]2C1. The van der Waals surface area contributed by atoms with E-state index in [4.69, 9.17) is 9.47 Å². The van der Waals surface area contributed by atoms with Crippen molar-refractivity contribution in [1.29, 1.82) is 0 Å². The van der Waals surface area contributed by atoms with Crippen LogP contribution in [0.3, 0.4) is 0 Å². The van der Waals surface area contributed by atoms with Crippen molar-refractivity contribution in [2.75, 3.05) is 26.2 Å². The highest BCUT2D eigenvalue weighted by Gasteiger charge is 2.57. The van der Waals surface area contributed by atoms with Crippen LogP contribution in [0.5, 0.6) is 0 Å². The van der Waals surface area contributed by atoms with Gasteiger partial charge in [-0.25, -0.2) is 9.59 Å². The molecule has 2 aliphatic heterocycles. The van der Waals surface area contributed by atoms with Gasteiger partial charge in [0, 0.05) is 49.9 Å². The maximum absolute atomic E-state index is 11.7. The smallest absolute Gasteiger partial charge is 0.410 e. The second-order valence-electron chi connectivity index (χ2n) is 9.53. The number of piperidine rings is 2. The molecule has 2 saturated carbocycles. The molecule has 6 atom stereocenters. The zero-order valence-corrected chi connectivity index (χ0v) is 18.9. The standard InChI is InChI=1S/2C13H15NO3/c2*15-12-10-6-14(7-11(10)12)13(16)17-8-9-4-2-1-3-5-9/h2*1-5,10-12,15H,6-8H2/t2*10-,11+,12?. The molecule has 0 radical (unpaired) electrons. The first-order chi connectivity index (χ1) is 16.5. The molecule has 34 heavy (non-hydrogen) atoms. The van der Waals surface area contributed by atoms with Gasteiger partial charge in [-0.1, -0.05) is 60.7 Å². The number of aliphatic hydroxyl groups excluding tert-OH is 2. The summed E-state index contributed by atoms with van der Waals surface area (Å²) in [5.41, 5.74) is 1.98. The van der Waals surface area contributed by atoms with Gasteiger partial charge < -0.3 is 29.5 Å². The van der Waals surface area contributed by atoms with Crippen molar-refractivity contribution in [1.82, 2.24) is 9.80 Å². The average Bonchev–Trinajstić information content (AvgIpc) is 3.46. The van der Waals surface area contributed by atoms with Crippen LogP contribution in [0.4, 0.5) is 9.59 Å². The monoisotopic (exact) mass is 466 g/mol. The van der Waals surface area contributed by atoms with Gasteiger partial charge in [0.1, 0.15) is 13.2 Å². The third-order valence-corrected chi connectivity index (χ3v) is 7.22. The summed E-state index contributed by atoms with van der Waals surface area (Å²) in [6.45, 7) is 3.18. The number of hydrogen-bond acceptors (Lipinski definition) is 6. The van der Waals surface area contributed by atoms with E-state index >= 15 is 0 Å². The lowest BCUT2D eigenvalue weighted by Gasteiger charge is -2.18. The van der Waals surface area contributed by atoms with Crippen LogP contribution in [-0.2, 0) is 22.7 Å². The first-order valence-electron chi connectivity index (χ1n) is 11.8. The van der Waals surface area contributed by atoms with Crippen LogP contribution in [0.15, 0.2) is 60.7 Å². The Labute approximate surface area is 198 Å². The maximum Gasteiger partial charge on any atom is 0.410 e. The second-order valence-corrected chi connectivity index (χ2v) is 9.53. The Bertz CT molecular complexity index is 897. The molecule has 0 bridgehead atoms. The van der Waals surface area contributed by atoms with Crippen molar-refractivity contribution < 1.29 is 29.3 Å². The van der Waals surface area contributed by atoms with Crippen molar-refractivity contribution >= 4 is 12.2 Å². The van der Waals surface area contributed by atoms with Gasteiger partial charge in [0.15, 0.2) is 0 Å². The first kappa shape index (κ1) is 22.7. The molecule has 0 aromatic heterocycles. The third kappa shape index (κ3) is 5.03. The van der Waals surface area contributed by atoms with Crippen LogP contribution in [0.2, 0.25) is 0 Å². The number of nitrogens with zero attached hydrogens (tertiary/aromatic N) is 2. The normalized spacial score (nSPS) is 29.9. The number of likely N-dealkylation sites (tertiary alicyclic amines) is 2. The number of hydrogen-bond donors (Lipinski definition) is 2. The van der Waals surface area contributed by atoms with Crippen LogP contribution < -0.4 is 0 Å². The summed E-state index contributed by atoms with van der Waals surface area (Å²) < 4.78 is 10.4. The summed E-state index contributed by atoms with van der Waals surface area (Å²) in [4.78, 5) is 26.8. The number of amides is 2. The number of ether oxygens (including phenoxy) is 2. The molecule has 2 aliphatic carbocycles. The number of benzene rings is 2. The number of carbonyl (C=O) groups excluding carboxylic acids is 2. The molecule has 6 rings (SSSR count).